The van der Waals surface area contributed by atoms with E-state index in [9.17, 15) is 9.59 Å². The molecule has 1 aromatic carbocycles. The van der Waals surface area contributed by atoms with Crippen molar-refractivity contribution < 1.29 is 9.59 Å². The molecule has 2 aliphatic heterocycles. The lowest BCUT2D eigenvalue weighted by molar-refractivity contribution is -0.119. The zero-order valence-corrected chi connectivity index (χ0v) is 20.1. The number of benzene rings is 1. The molecule has 9 heteroatoms. The standard InChI is InChI=1S/C26H31N7O2/c1-31-11-13-32(14-12-31)24(35)18-5-7-20(8-6-18)28-25-27-17-19-15-21-29-22(34)16-26(9-3-2-4-10-26)33(21)23(19)30-25/h5-8,15,17H,2-4,9-14,16H2,1H3,(H,29,34)(H,27,28,30). The van der Waals surface area contributed by atoms with Gasteiger partial charge in [-0.15, -0.1) is 0 Å². The molecule has 0 bridgehead atoms. The maximum Gasteiger partial charge on any atom is 0.253 e. The number of piperazine rings is 1. The fraction of sp³-hybridized carbons (Fsp3) is 0.462. The van der Waals surface area contributed by atoms with E-state index in [2.05, 4.69) is 32.1 Å². The summed E-state index contributed by atoms with van der Waals surface area (Å²) in [5.41, 5.74) is 2.16. The molecule has 2 aromatic heterocycles. The molecule has 2 N–H and O–H groups in total. The molecule has 6 rings (SSSR count). The van der Waals surface area contributed by atoms with E-state index in [-0.39, 0.29) is 17.4 Å². The molecular formula is C26H31N7O2. The van der Waals surface area contributed by atoms with Crippen LogP contribution in [-0.2, 0) is 10.3 Å². The predicted octanol–water partition coefficient (Wildman–Crippen LogP) is 3.56. The van der Waals surface area contributed by atoms with E-state index in [1.807, 2.05) is 41.4 Å². The van der Waals surface area contributed by atoms with Gasteiger partial charge in [-0.25, -0.2) is 4.98 Å². The van der Waals surface area contributed by atoms with E-state index in [1.165, 1.54) is 6.42 Å². The lowest BCUT2D eigenvalue weighted by atomic mass is 9.78. The van der Waals surface area contributed by atoms with Crippen LogP contribution in [-0.4, -0.2) is 69.4 Å². The number of hydrogen-bond acceptors (Lipinski definition) is 6. The summed E-state index contributed by atoms with van der Waals surface area (Å²) < 4.78 is 2.24. The average Bonchev–Trinajstić information content (AvgIpc) is 3.23. The Balaban J connectivity index is 1.25. The molecular weight excluding hydrogens is 442 g/mol. The van der Waals surface area contributed by atoms with Crippen LogP contribution >= 0.6 is 0 Å². The lowest BCUT2D eigenvalue weighted by Gasteiger charge is -2.42. The van der Waals surface area contributed by atoms with Crippen molar-refractivity contribution in [2.45, 2.75) is 44.1 Å². The highest BCUT2D eigenvalue weighted by atomic mass is 16.2. The van der Waals surface area contributed by atoms with Crippen LogP contribution in [0.15, 0.2) is 36.5 Å². The van der Waals surface area contributed by atoms with Gasteiger partial charge in [-0.1, -0.05) is 19.3 Å². The minimum atomic E-state index is -0.200. The molecule has 0 atom stereocenters. The number of nitrogens with one attached hydrogen (secondary N) is 2. The molecule has 0 radical (unpaired) electrons. The highest BCUT2D eigenvalue weighted by Crippen LogP contribution is 2.45. The first-order chi connectivity index (χ1) is 17.0. The van der Waals surface area contributed by atoms with E-state index in [0.29, 0.717) is 17.9 Å². The van der Waals surface area contributed by atoms with Gasteiger partial charge < -0.3 is 25.0 Å². The van der Waals surface area contributed by atoms with Gasteiger partial charge in [0.25, 0.3) is 5.91 Å². The van der Waals surface area contributed by atoms with Gasteiger partial charge >= 0.3 is 0 Å². The number of carbonyl (C=O) groups is 2. The Morgan fingerprint density at radius 3 is 2.54 bits per heavy atom. The smallest absolute Gasteiger partial charge is 0.253 e. The maximum atomic E-state index is 12.8. The zero-order chi connectivity index (χ0) is 24.0. The third-order valence-electron chi connectivity index (χ3n) is 7.74. The van der Waals surface area contributed by atoms with Gasteiger partial charge in [-0.2, -0.15) is 4.98 Å². The first-order valence-corrected chi connectivity index (χ1v) is 12.5. The number of likely N-dealkylation sites (N-methyl/N-ethyl adjacent to an activating group) is 1. The average molecular weight is 474 g/mol. The largest absolute Gasteiger partial charge is 0.336 e. The van der Waals surface area contributed by atoms with Crippen molar-refractivity contribution in [3.63, 3.8) is 0 Å². The second-order valence-electron chi connectivity index (χ2n) is 10.1. The van der Waals surface area contributed by atoms with E-state index < -0.39 is 0 Å². The van der Waals surface area contributed by atoms with Gasteiger partial charge in [0.2, 0.25) is 11.9 Å². The van der Waals surface area contributed by atoms with Crippen molar-refractivity contribution in [2.75, 3.05) is 43.9 Å². The summed E-state index contributed by atoms with van der Waals surface area (Å²) in [7, 11) is 2.08. The molecule has 1 spiro atoms. The second kappa shape index (κ2) is 8.64. The van der Waals surface area contributed by atoms with Crippen molar-refractivity contribution in [1.29, 1.82) is 0 Å². The molecule has 182 valence electrons. The van der Waals surface area contributed by atoms with Gasteiger partial charge in [-0.3, -0.25) is 9.59 Å². The van der Waals surface area contributed by atoms with Gasteiger partial charge in [0.05, 0.1) is 12.0 Å². The topological polar surface area (TPSA) is 95.4 Å². The van der Waals surface area contributed by atoms with Crippen LogP contribution in [0, 0.1) is 0 Å². The second-order valence-corrected chi connectivity index (χ2v) is 10.1. The van der Waals surface area contributed by atoms with Crippen molar-refractivity contribution in [1.82, 2.24) is 24.3 Å². The molecule has 2 amide bonds. The first-order valence-electron chi connectivity index (χ1n) is 12.5. The highest BCUT2D eigenvalue weighted by Gasteiger charge is 2.42. The molecule has 0 unspecified atom stereocenters. The van der Waals surface area contributed by atoms with Gasteiger partial charge in [0, 0.05) is 49.0 Å². The van der Waals surface area contributed by atoms with Crippen LogP contribution in [0.1, 0.15) is 48.9 Å². The molecule has 2 fully saturated rings. The molecule has 9 nitrogen and oxygen atoms in total. The van der Waals surface area contributed by atoms with Crippen LogP contribution in [0.5, 0.6) is 0 Å². The Morgan fingerprint density at radius 1 is 1.06 bits per heavy atom. The maximum absolute atomic E-state index is 12.8. The van der Waals surface area contributed by atoms with Crippen molar-refractivity contribution in [3.8, 4) is 0 Å². The number of aromatic nitrogens is 3. The Labute approximate surface area is 204 Å². The summed E-state index contributed by atoms with van der Waals surface area (Å²) in [5.74, 6) is 1.47. The number of carbonyl (C=O) groups excluding carboxylic acids is 2. The first kappa shape index (κ1) is 22.0. The van der Waals surface area contributed by atoms with E-state index in [1.54, 1.807) is 0 Å². The number of amides is 2. The number of rotatable bonds is 3. The van der Waals surface area contributed by atoms with Gasteiger partial charge in [-0.05, 0) is 50.2 Å². The fourth-order valence-corrected chi connectivity index (χ4v) is 5.81. The van der Waals surface area contributed by atoms with Crippen LogP contribution in [0.2, 0.25) is 0 Å². The predicted molar refractivity (Wildman–Crippen MR) is 135 cm³/mol. The Bertz CT molecular complexity index is 1270. The summed E-state index contributed by atoms with van der Waals surface area (Å²) in [5, 5.41) is 7.25. The summed E-state index contributed by atoms with van der Waals surface area (Å²) in [4.78, 5) is 38.8. The molecule has 3 aromatic rings. The molecule has 1 saturated carbocycles. The molecule has 35 heavy (non-hydrogen) atoms. The van der Waals surface area contributed by atoms with E-state index in [0.717, 1.165) is 74.4 Å². The fourth-order valence-electron chi connectivity index (χ4n) is 5.81. The van der Waals surface area contributed by atoms with E-state index in [4.69, 9.17) is 4.98 Å². The quantitative estimate of drug-likeness (QED) is 0.604. The normalized spacial score (nSPS) is 20.0. The number of fused-ring (bicyclic) bond motifs is 4. The molecule has 4 heterocycles. The van der Waals surface area contributed by atoms with Crippen LogP contribution in [0.4, 0.5) is 17.5 Å². The third-order valence-corrected chi connectivity index (χ3v) is 7.74. The highest BCUT2D eigenvalue weighted by molar-refractivity contribution is 5.97. The number of hydrogen-bond donors (Lipinski definition) is 2. The summed E-state index contributed by atoms with van der Waals surface area (Å²) in [6.07, 6.45) is 7.76. The molecule has 1 aliphatic carbocycles. The SMILES string of the molecule is CN1CCN(C(=O)c2ccc(Nc3ncc4cc5n(c4n3)C3(CCCCC3)CC(=O)N5)cc2)CC1. The number of nitrogens with zero attached hydrogens (tertiary/aromatic N) is 5. The minimum absolute atomic E-state index is 0.0713. The van der Waals surface area contributed by atoms with Crippen LogP contribution in [0.25, 0.3) is 11.0 Å². The number of anilines is 3. The van der Waals surface area contributed by atoms with Crippen molar-refractivity contribution >= 4 is 40.3 Å². The monoisotopic (exact) mass is 473 g/mol. The Kier molecular flexibility index (Phi) is 5.44. The van der Waals surface area contributed by atoms with Crippen molar-refractivity contribution in [2.24, 2.45) is 0 Å². The third kappa shape index (κ3) is 4.03. The van der Waals surface area contributed by atoms with Gasteiger partial charge in [0.15, 0.2) is 0 Å². The summed E-state index contributed by atoms with van der Waals surface area (Å²) >= 11 is 0. The minimum Gasteiger partial charge on any atom is -0.336 e. The summed E-state index contributed by atoms with van der Waals surface area (Å²) in [6.45, 7) is 3.32. The van der Waals surface area contributed by atoms with Crippen LogP contribution < -0.4 is 10.6 Å². The van der Waals surface area contributed by atoms with Crippen molar-refractivity contribution in [3.05, 3.63) is 42.1 Å². The Hall–Kier alpha value is -3.46. The summed E-state index contributed by atoms with van der Waals surface area (Å²) in [6, 6.07) is 9.48. The Morgan fingerprint density at radius 2 is 1.80 bits per heavy atom. The van der Waals surface area contributed by atoms with Crippen LogP contribution in [0.3, 0.4) is 0 Å². The van der Waals surface area contributed by atoms with E-state index >= 15 is 0 Å². The lowest BCUT2D eigenvalue weighted by Crippen LogP contribution is -2.47. The molecule has 1 saturated heterocycles. The molecule has 3 aliphatic rings. The zero-order valence-electron chi connectivity index (χ0n) is 20.1. The van der Waals surface area contributed by atoms with Gasteiger partial charge in [0.1, 0.15) is 11.5 Å².